The van der Waals surface area contributed by atoms with Gasteiger partial charge in [0.2, 0.25) is 5.91 Å². The largest absolute Gasteiger partial charge is 0.346 e. The van der Waals surface area contributed by atoms with Gasteiger partial charge in [0.1, 0.15) is 11.5 Å². The second-order valence-corrected chi connectivity index (χ2v) is 6.40. The van der Waals surface area contributed by atoms with Crippen LogP contribution in [0.5, 0.6) is 0 Å². The van der Waals surface area contributed by atoms with Crippen molar-refractivity contribution in [1.29, 1.82) is 0 Å². The quantitative estimate of drug-likeness (QED) is 0.789. The number of amides is 1. The van der Waals surface area contributed by atoms with Crippen molar-refractivity contribution in [3.05, 3.63) is 53.7 Å². The summed E-state index contributed by atoms with van der Waals surface area (Å²) < 4.78 is 0. The van der Waals surface area contributed by atoms with E-state index in [1.165, 1.54) is 11.1 Å². The molecule has 1 aromatic carbocycles. The first kappa shape index (κ1) is 14.8. The third-order valence-electron chi connectivity index (χ3n) is 4.46. The Morgan fingerprint density at radius 2 is 1.83 bits per heavy atom. The van der Waals surface area contributed by atoms with Gasteiger partial charge in [-0.1, -0.05) is 6.07 Å². The zero-order valence-electron chi connectivity index (χ0n) is 13.9. The molecule has 1 aliphatic heterocycles. The predicted octanol–water partition coefficient (Wildman–Crippen LogP) is 3.03. The molecule has 1 amide bonds. The summed E-state index contributed by atoms with van der Waals surface area (Å²) in [4.78, 5) is 24.3. The molecule has 1 fully saturated rings. The Morgan fingerprint density at radius 3 is 2.58 bits per heavy atom. The third-order valence-corrected chi connectivity index (χ3v) is 4.46. The summed E-state index contributed by atoms with van der Waals surface area (Å²) in [7, 11) is 0. The summed E-state index contributed by atoms with van der Waals surface area (Å²) in [5, 5.41) is 1.08. The average Bonchev–Trinajstić information content (AvgIpc) is 3.01. The standard InChI is InChI=1S/C19H20N4O/c1-13-9-14(2)11-16(10-13)23-8-7-22(12-18(23)24)17-4-3-15-5-6-20-19(15)21-17/h3-6,9-11H,7-8,12H2,1-2H3,(H,20,21). The molecule has 4 rings (SSSR count). The van der Waals surface area contributed by atoms with Crippen molar-refractivity contribution in [1.82, 2.24) is 9.97 Å². The van der Waals surface area contributed by atoms with Crippen LogP contribution in [0.15, 0.2) is 42.6 Å². The van der Waals surface area contributed by atoms with Gasteiger partial charge in [-0.15, -0.1) is 0 Å². The van der Waals surface area contributed by atoms with Crippen molar-refractivity contribution in [2.45, 2.75) is 13.8 Å². The highest BCUT2D eigenvalue weighted by Crippen LogP contribution is 2.23. The SMILES string of the molecule is Cc1cc(C)cc(N2CCN(c3ccc4cc[nH]c4n3)CC2=O)c1. The number of hydrogen-bond acceptors (Lipinski definition) is 3. The highest BCUT2D eigenvalue weighted by Gasteiger charge is 2.26. The number of H-pyrrole nitrogens is 1. The Balaban J connectivity index is 1.56. The summed E-state index contributed by atoms with van der Waals surface area (Å²) in [5.74, 6) is 0.956. The number of aryl methyl sites for hydroxylation is 2. The van der Waals surface area contributed by atoms with Gasteiger partial charge in [0.25, 0.3) is 0 Å². The van der Waals surface area contributed by atoms with Crippen LogP contribution in [0.3, 0.4) is 0 Å². The maximum absolute atomic E-state index is 12.7. The number of anilines is 2. The lowest BCUT2D eigenvalue weighted by atomic mass is 10.1. The molecule has 122 valence electrons. The number of pyridine rings is 1. The Hall–Kier alpha value is -2.82. The summed E-state index contributed by atoms with van der Waals surface area (Å²) >= 11 is 0. The van der Waals surface area contributed by atoms with Crippen LogP contribution in [0.4, 0.5) is 11.5 Å². The Morgan fingerprint density at radius 1 is 1.04 bits per heavy atom. The molecule has 1 N–H and O–H groups in total. The minimum atomic E-state index is 0.111. The molecule has 2 aromatic heterocycles. The molecule has 1 saturated heterocycles. The Kier molecular flexibility index (Phi) is 3.49. The van der Waals surface area contributed by atoms with Crippen LogP contribution in [-0.2, 0) is 4.79 Å². The second kappa shape index (κ2) is 5.67. The molecule has 5 heteroatoms. The van der Waals surface area contributed by atoms with Crippen LogP contribution < -0.4 is 9.80 Å². The molecule has 0 bridgehead atoms. The number of nitrogens with one attached hydrogen (secondary N) is 1. The number of carbonyl (C=O) groups excluding carboxylic acids is 1. The second-order valence-electron chi connectivity index (χ2n) is 6.40. The topological polar surface area (TPSA) is 52.2 Å². The summed E-state index contributed by atoms with van der Waals surface area (Å²) in [6.07, 6.45) is 1.88. The van der Waals surface area contributed by atoms with Crippen LogP contribution in [0, 0.1) is 13.8 Å². The van der Waals surface area contributed by atoms with Gasteiger partial charge in [0.15, 0.2) is 0 Å². The fourth-order valence-corrected chi connectivity index (χ4v) is 3.34. The number of nitrogens with zero attached hydrogens (tertiary/aromatic N) is 3. The summed E-state index contributed by atoms with van der Waals surface area (Å²) in [6, 6.07) is 12.3. The van der Waals surface area contributed by atoms with Gasteiger partial charge >= 0.3 is 0 Å². The molecule has 0 aliphatic carbocycles. The first-order valence-corrected chi connectivity index (χ1v) is 8.18. The molecule has 3 heterocycles. The fraction of sp³-hybridized carbons (Fsp3) is 0.263. The highest BCUT2D eigenvalue weighted by molar-refractivity contribution is 5.97. The van der Waals surface area contributed by atoms with Gasteiger partial charge in [0, 0.05) is 30.4 Å². The van der Waals surface area contributed by atoms with E-state index in [9.17, 15) is 4.79 Å². The number of carbonyl (C=O) groups is 1. The van der Waals surface area contributed by atoms with E-state index in [0.29, 0.717) is 13.1 Å². The minimum absolute atomic E-state index is 0.111. The lowest BCUT2D eigenvalue weighted by molar-refractivity contribution is -0.117. The van der Waals surface area contributed by atoms with Crippen LogP contribution in [-0.4, -0.2) is 35.5 Å². The number of fused-ring (bicyclic) bond motifs is 1. The molecule has 0 spiro atoms. The van der Waals surface area contributed by atoms with Crippen molar-refractivity contribution >= 4 is 28.4 Å². The molecule has 0 saturated carbocycles. The van der Waals surface area contributed by atoms with Crippen molar-refractivity contribution in [3.63, 3.8) is 0 Å². The third kappa shape index (κ3) is 2.62. The number of benzene rings is 1. The Bertz CT molecular complexity index is 894. The zero-order chi connectivity index (χ0) is 16.7. The van der Waals surface area contributed by atoms with Crippen molar-refractivity contribution < 1.29 is 4.79 Å². The van der Waals surface area contributed by atoms with E-state index in [1.54, 1.807) is 0 Å². The number of hydrogen-bond donors (Lipinski definition) is 1. The van der Waals surface area contributed by atoms with Gasteiger partial charge in [-0.2, -0.15) is 0 Å². The maximum atomic E-state index is 12.7. The lowest BCUT2D eigenvalue weighted by Gasteiger charge is -2.35. The number of aromatic nitrogens is 2. The zero-order valence-corrected chi connectivity index (χ0v) is 13.9. The molecular formula is C19H20N4O. The minimum Gasteiger partial charge on any atom is -0.346 e. The lowest BCUT2D eigenvalue weighted by Crippen LogP contribution is -2.51. The van der Waals surface area contributed by atoms with Gasteiger partial charge in [-0.25, -0.2) is 4.98 Å². The van der Waals surface area contributed by atoms with Crippen LogP contribution >= 0.6 is 0 Å². The van der Waals surface area contributed by atoms with E-state index in [1.807, 2.05) is 34.2 Å². The van der Waals surface area contributed by atoms with E-state index in [-0.39, 0.29) is 5.91 Å². The van der Waals surface area contributed by atoms with Crippen LogP contribution in [0.2, 0.25) is 0 Å². The number of aromatic amines is 1. The number of rotatable bonds is 2. The van der Waals surface area contributed by atoms with Crippen molar-refractivity contribution in [2.75, 3.05) is 29.4 Å². The van der Waals surface area contributed by atoms with Gasteiger partial charge in [-0.3, -0.25) is 4.79 Å². The molecule has 3 aromatic rings. The van der Waals surface area contributed by atoms with Gasteiger partial charge in [0.05, 0.1) is 6.54 Å². The predicted molar refractivity (Wildman–Crippen MR) is 96.6 cm³/mol. The number of piperazine rings is 1. The van der Waals surface area contributed by atoms with E-state index in [2.05, 4.69) is 42.0 Å². The van der Waals surface area contributed by atoms with Crippen LogP contribution in [0.1, 0.15) is 11.1 Å². The molecule has 5 nitrogen and oxygen atoms in total. The first-order chi connectivity index (χ1) is 11.6. The van der Waals surface area contributed by atoms with Gasteiger partial charge in [-0.05, 0) is 55.3 Å². The molecule has 0 radical (unpaired) electrons. The normalized spacial score (nSPS) is 15.3. The molecular weight excluding hydrogens is 300 g/mol. The van der Waals surface area contributed by atoms with Crippen molar-refractivity contribution in [2.24, 2.45) is 0 Å². The monoisotopic (exact) mass is 320 g/mol. The van der Waals surface area contributed by atoms with Gasteiger partial charge < -0.3 is 14.8 Å². The average molecular weight is 320 g/mol. The summed E-state index contributed by atoms with van der Waals surface area (Å²) in [6.45, 7) is 5.93. The highest BCUT2D eigenvalue weighted by atomic mass is 16.2. The van der Waals surface area contributed by atoms with E-state index in [0.717, 1.165) is 29.1 Å². The molecule has 1 aliphatic rings. The smallest absolute Gasteiger partial charge is 0.246 e. The van der Waals surface area contributed by atoms with E-state index >= 15 is 0 Å². The van der Waals surface area contributed by atoms with E-state index in [4.69, 9.17) is 0 Å². The molecule has 0 unspecified atom stereocenters. The Labute approximate surface area is 140 Å². The molecule has 24 heavy (non-hydrogen) atoms. The maximum Gasteiger partial charge on any atom is 0.246 e. The first-order valence-electron chi connectivity index (χ1n) is 8.18. The van der Waals surface area contributed by atoms with Crippen molar-refractivity contribution in [3.8, 4) is 0 Å². The molecule has 0 atom stereocenters. The summed E-state index contributed by atoms with van der Waals surface area (Å²) in [5.41, 5.74) is 4.21. The van der Waals surface area contributed by atoms with E-state index < -0.39 is 0 Å². The fourth-order valence-electron chi connectivity index (χ4n) is 3.34. The van der Waals surface area contributed by atoms with Crippen LogP contribution in [0.25, 0.3) is 11.0 Å².